The summed E-state index contributed by atoms with van der Waals surface area (Å²) in [4.78, 5) is 25.2. The SMILES string of the molecule is CCOC(=O)Nc1cccc(C(=O)O)n1. The molecule has 0 saturated heterocycles. The second-order valence-electron chi connectivity index (χ2n) is 2.56. The highest BCUT2D eigenvalue weighted by Crippen LogP contribution is 2.05. The molecule has 15 heavy (non-hydrogen) atoms. The number of hydrogen-bond donors (Lipinski definition) is 2. The van der Waals surface area contributed by atoms with E-state index in [0.717, 1.165) is 0 Å². The third-order valence-electron chi connectivity index (χ3n) is 1.47. The van der Waals surface area contributed by atoms with Gasteiger partial charge in [0.15, 0.2) is 5.69 Å². The summed E-state index contributed by atoms with van der Waals surface area (Å²) in [5.74, 6) is -1.00. The minimum Gasteiger partial charge on any atom is -0.477 e. The van der Waals surface area contributed by atoms with Gasteiger partial charge in [-0.3, -0.25) is 5.32 Å². The minimum absolute atomic E-state index is 0.135. The zero-order chi connectivity index (χ0) is 11.3. The predicted molar refractivity (Wildman–Crippen MR) is 51.8 cm³/mol. The van der Waals surface area contributed by atoms with Crippen LogP contribution >= 0.6 is 0 Å². The van der Waals surface area contributed by atoms with E-state index in [0.29, 0.717) is 0 Å². The summed E-state index contributed by atoms with van der Waals surface area (Å²) in [7, 11) is 0. The molecule has 0 bridgehead atoms. The molecular formula is C9H10N2O4. The molecule has 0 aliphatic heterocycles. The predicted octanol–water partition coefficient (Wildman–Crippen LogP) is 1.35. The molecule has 6 heteroatoms. The Morgan fingerprint density at radius 2 is 2.27 bits per heavy atom. The van der Waals surface area contributed by atoms with Crippen LogP contribution in [0.5, 0.6) is 0 Å². The van der Waals surface area contributed by atoms with Crippen molar-refractivity contribution in [2.45, 2.75) is 6.92 Å². The van der Waals surface area contributed by atoms with Crippen LogP contribution in [0.2, 0.25) is 0 Å². The first-order chi connectivity index (χ1) is 7.13. The maximum absolute atomic E-state index is 11.0. The molecule has 6 nitrogen and oxygen atoms in total. The average molecular weight is 210 g/mol. The van der Waals surface area contributed by atoms with E-state index in [4.69, 9.17) is 5.11 Å². The van der Waals surface area contributed by atoms with Crippen LogP contribution in [-0.4, -0.2) is 28.8 Å². The Balaban J connectivity index is 2.73. The first-order valence-electron chi connectivity index (χ1n) is 4.27. The van der Waals surface area contributed by atoms with Crippen molar-refractivity contribution in [2.75, 3.05) is 11.9 Å². The zero-order valence-electron chi connectivity index (χ0n) is 8.06. The molecule has 1 aromatic rings. The van der Waals surface area contributed by atoms with E-state index in [1.165, 1.54) is 18.2 Å². The molecule has 1 rings (SSSR count). The van der Waals surface area contributed by atoms with Gasteiger partial charge >= 0.3 is 12.1 Å². The summed E-state index contributed by atoms with van der Waals surface area (Å²) in [5, 5.41) is 10.9. The normalized spacial score (nSPS) is 9.40. The van der Waals surface area contributed by atoms with Crippen LogP contribution in [0.4, 0.5) is 10.6 Å². The highest BCUT2D eigenvalue weighted by atomic mass is 16.5. The van der Waals surface area contributed by atoms with E-state index in [-0.39, 0.29) is 18.1 Å². The molecule has 80 valence electrons. The van der Waals surface area contributed by atoms with Gasteiger partial charge in [-0.25, -0.2) is 14.6 Å². The van der Waals surface area contributed by atoms with Crippen LogP contribution < -0.4 is 5.32 Å². The highest BCUT2D eigenvalue weighted by molar-refractivity contribution is 5.87. The smallest absolute Gasteiger partial charge is 0.412 e. The van der Waals surface area contributed by atoms with Crippen molar-refractivity contribution in [1.29, 1.82) is 0 Å². The third-order valence-corrected chi connectivity index (χ3v) is 1.47. The lowest BCUT2D eigenvalue weighted by Crippen LogP contribution is -2.15. The number of aromatic carboxylic acids is 1. The Morgan fingerprint density at radius 3 is 2.87 bits per heavy atom. The lowest BCUT2D eigenvalue weighted by Gasteiger charge is -2.04. The maximum Gasteiger partial charge on any atom is 0.412 e. The van der Waals surface area contributed by atoms with E-state index in [1.807, 2.05) is 0 Å². The van der Waals surface area contributed by atoms with Crippen molar-refractivity contribution in [3.63, 3.8) is 0 Å². The second kappa shape index (κ2) is 4.94. The molecule has 0 radical (unpaired) electrons. The third kappa shape index (κ3) is 3.26. The number of carboxylic acid groups (broad SMARTS) is 1. The molecule has 1 heterocycles. The number of pyridine rings is 1. The fraction of sp³-hybridized carbons (Fsp3) is 0.222. The van der Waals surface area contributed by atoms with Crippen molar-refractivity contribution in [1.82, 2.24) is 4.98 Å². The average Bonchev–Trinajstić information content (AvgIpc) is 2.18. The fourth-order valence-electron chi connectivity index (χ4n) is 0.895. The quantitative estimate of drug-likeness (QED) is 0.786. The lowest BCUT2D eigenvalue weighted by atomic mass is 10.3. The summed E-state index contributed by atoms with van der Waals surface area (Å²) in [6.07, 6.45) is -0.660. The van der Waals surface area contributed by atoms with E-state index in [9.17, 15) is 9.59 Å². The number of carbonyl (C=O) groups excluding carboxylic acids is 1. The van der Waals surface area contributed by atoms with Gasteiger partial charge in [-0.15, -0.1) is 0 Å². The molecule has 0 saturated carbocycles. The van der Waals surface area contributed by atoms with Gasteiger partial charge in [0, 0.05) is 0 Å². The van der Waals surface area contributed by atoms with Gasteiger partial charge < -0.3 is 9.84 Å². The van der Waals surface area contributed by atoms with Gasteiger partial charge in [-0.05, 0) is 19.1 Å². The van der Waals surface area contributed by atoms with Crippen molar-refractivity contribution in [2.24, 2.45) is 0 Å². The van der Waals surface area contributed by atoms with E-state index in [2.05, 4.69) is 15.0 Å². The van der Waals surface area contributed by atoms with Gasteiger partial charge in [0.05, 0.1) is 6.61 Å². The fourth-order valence-corrected chi connectivity index (χ4v) is 0.895. The molecule has 1 aromatic heterocycles. The number of nitrogens with zero attached hydrogens (tertiary/aromatic N) is 1. The van der Waals surface area contributed by atoms with Crippen LogP contribution in [0, 0.1) is 0 Å². The van der Waals surface area contributed by atoms with Crippen LogP contribution in [0.25, 0.3) is 0 Å². The molecule has 0 aliphatic rings. The first-order valence-corrected chi connectivity index (χ1v) is 4.27. The number of carboxylic acids is 1. The number of amides is 1. The number of anilines is 1. The van der Waals surface area contributed by atoms with Gasteiger partial charge in [-0.2, -0.15) is 0 Å². The molecule has 0 aliphatic carbocycles. The monoisotopic (exact) mass is 210 g/mol. The van der Waals surface area contributed by atoms with Crippen molar-refractivity contribution < 1.29 is 19.4 Å². The first kappa shape index (κ1) is 11.0. The molecule has 0 spiro atoms. The summed E-state index contributed by atoms with van der Waals surface area (Å²) in [6, 6.07) is 4.29. The summed E-state index contributed by atoms with van der Waals surface area (Å²) >= 11 is 0. The Bertz CT molecular complexity index is 378. The number of carbonyl (C=O) groups is 2. The van der Waals surface area contributed by atoms with Crippen molar-refractivity contribution in [3.05, 3.63) is 23.9 Å². The summed E-state index contributed by atoms with van der Waals surface area (Å²) in [6.45, 7) is 1.91. The molecule has 0 aromatic carbocycles. The van der Waals surface area contributed by atoms with Gasteiger partial charge in [0.1, 0.15) is 5.82 Å². The van der Waals surface area contributed by atoms with Crippen molar-refractivity contribution >= 4 is 17.9 Å². The lowest BCUT2D eigenvalue weighted by molar-refractivity contribution is 0.0690. The van der Waals surface area contributed by atoms with Gasteiger partial charge in [0.2, 0.25) is 0 Å². The largest absolute Gasteiger partial charge is 0.477 e. The zero-order valence-corrected chi connectivity index (χ0v) is 8.06. The Kier molecular flexibility index (Phi) is 3.61. The van der Waals surface area contributed by atoms with Crippen LogP contribution in [0.15, 0.2) is 18.2 Å². The van der Waals surface area contributed by atoms with Gasteiger partial charge in [-0.1, -0.05) is 6.07 Å². The van der Waals surface area contributed by atoms with Crippen molar-refractivity contribution in [3.8, 4) is 0 Å². The standard InChI is InChI=1S/C9H10N2O4/c1-2-15-9(14)11-7-5-3-4-6(10-7)8(12)13/h3-5H,2H2,1H3,(H,12,13)(H,10,11,14). The van der Waals surface area contributed by atoms with Crippen LogP contribution in [-0.2, 0) is 4.74 Å². The molecule has 0 fully saturated rings. The Morgan fingerprint density at radius 1 is 1.53 bits per heavy atom. The molecule has 1 amide bonds. The van der Waals surface area contributed by atoms with E-state index >= 15 is 0 Å². The Hall–Kier alpha value is -2.11. The number of rotatable bonds is 3. The number of nitrogens with one attached hydrogen (secondary N) is 1. The molecular weight excluding hydrogens is 200 g/mol. The topological polar surface area (TPSA) is 88.5 Å². The van der Waals surface area contributed by atoms with E-state index < -0.39 is 12.1 Å². The molecule has 0 unspecified atom stereocenters. The van der Waals surface area contributed by atoms with E-state index in [1.54, 1.807) is 6.92 Å². The maximum atomic E-state index is 11.0. The molecule has 0 atom stereocenters. The molecule has 2 N–H and O–H groups in total. The Labute approximate surface area is 85.9 Å². The second-order valence-corrected chi connectivity index (χ2v) is 2.56. The number of ether oxygens (including phenoxy) is 1. The number of hydrogen-bond acceptors (Lipinski definition) is 4. The summed E-state index contributed by atoms with van der Waals surface area (Å²) < 4.78 is 4.61. The van der Waals surface area contributed by atoms with Crippen LogP contribution in [0.1, 0.15) is 17.4 Å². The highest BCUT2D eigenvalue weighted by Gasteiger charge is 2.07. The summed E-state index contributed by atoms with van der Waals surface area (Å²) in [5.41, 5.74) is -0.135. The number of aromatic nitrogens is 1. The van der Waals surface area contributed by atoms with Gasteiger partial charge in [0.25, 0.3) is 0 Å². The van der Waals surface area contributed by atoms with Crippen LogP contribution in [0.3, 0.4) is 0 Å². The minimum atomic E-state index is -1.15.